The first-order valence-electron chi connectivity index (χ1n) is 7.14. The van der Waals surface area contributed by atoms with Crippen LogP contribution in [0.2, 0.25) is 0 Å². The van der Waals surface area contributed by atoms with Gasteiger partial charge in [-0.3, -0.25) is 0 Å². The van der Waals surface area contributed by atoms with Crippen molar-refractivity contribution in [3.63, 3.8) is 0 Å². The molecule has 7 heteroatoms. The first-order valence-corrected chi connectivity index (χ1v) is 7.96. The fourth-order valence-electron chi connectivity index (χ4n) is 2.70. The van der Waals surface area contributed by atoms with Gasteiger partial charge in [0, 0.05) is 10.9 Å². The minimum Gasteiger partial charge on any atom is -0.469 e. The first-order chi connectivity index (χ1) is 11.3. The second kappa shape index (κ2) is 4.53. The molecule has 0 bridgehead atoms. The molecule has 4 aromatic heterocycles. The third-order valence-electron chi connectivity index (χ3n) is 3.85. The first kappa shape index (κ1) is 12.6. The number of hydrogen-bond donors (Lipinski definition) is 1. The lowest BCUT2D eigenvalue weighted by Gasteiger charge is -1.93. The van der Waals surface area contributed by atoms with Gasteiger partial charge in [-0.1, -0.05) is 29.5 Å². The maximum absolute atomic E-state index is 5.36. The third kappa shape index (κ3) is 1.83. The van der Waals surface area contributed by atoms with E-state index in [1.807, 2.05) is 25.1 Å². The van der Waals surface area contributed by atoms with Gasteiger partial charge in [-0.2, -0.15) is 9.61 Å². The van der Waals surface area contributed by atoms with Crippen molar-refractivity contribution in [3.8, 4) is 22.1 Å². The Bertz CT molecular complexity index is 1110. The summed E-state index contributed by atoms with van der Waals surface area (Å²) in [6, 6.07) is 12.2. The Morgan fingerprint density at radius 3 is 2.91 bits per heavy atom. The van der Waals surface area contributed by atoms with E-state index in [0.717, 1.165) is 32.5 Å². The zero-order valence-electron chi connectivity index (χ0n) is 12.1. The maximum Gasteiger partial charge on any atom is 0.235 e. The van der Waals surface area contributed by atoms with Crippen LogP contribution in [0.1, 0.15) is 5.76 Å². The van der Waals surface area contributed by atoms with Gasteiger partial charge in [0.05, 0.1) is 17.5 Å². The number of aryl methyl sites for hydroxylation is 1. The quantitative estimate of drug-likeness (QED) is 0.535. The van der Waals surface area contributed by atoms with E-state index in [4.69, 9.17) is 4.42 Å². The molecule has 0 radical (unpaired) electrons. The van der Waals surface area contributed by atoms with E-state index in [-0.39, 0.29) is 0 Å². The molecule has 1 aromatic carbocycles. The Kier molecular flexibility index (Phi) is 2.48. The molecule has 112 valence electrons. The number of nitrogens with one attached hydrogen (secondary N) is 1. The molecule has 0 unspecified atom stereocenters. The van der Waals surface area contributed by atoms with Crippen molar-refractivity contribution in [2.75, 3.05) is 0 Å². The van der Waals surface area contributed by atoms with Crippen LogP contribution >= 0.6 is 11.3 Å². The van der Waals surface area contributed by atoms with Crippen molar-refractivity contribution in [1.29, 1.82) is 0 Å². The lowest BCUT2D eigenvalue weighted by Crippen LogP contribution is -1.91. The SMILES string of the molecule is Cc1occc1-c1nnc2sc(-c3cc4ccccc4[nH]3)nn12. The van der Waals surface area contributed by atoms with E-state index < -0.39 is 0 Å². The van der Waals surface area contributed by atoms with Crippen LogP contribution in [0, 0.1) is 6.92 Å². The van der Waals surface area contributed by atoms with Crippen molar-refractivity contribution >= 4 is 27.2 Å². The summed E-state index contributed by atoms with van der Waals surface area (Å²) in [5.74, 6) is 1.50. The van der Waals surface area contributed by atoms with Crippen molar-refractivity contribution in [3.05, 3.63) is 48.4 Å². The molecule has 0 saturated carbocycles. The second-order valence-corrected chi connectivity index (χ2v) is 6.24. The van der Waals surface area contributed by atoms with Gasteiger partial charge in [-0.15, -0.1) is 10.2 Å². The molecule has 0 saturated heterocycles. The number of aromatic nitrogens is 5. The number of H-pyrrole nitrogens is 1. The van der Waals surface area contributed by atoms with Gasteiger partial charge in [0.1, 0.15) is 5.76 Å². The molecule has 1 N–H and O–H groups in total. The molecular formula is C16H11N5OS. The number of benzene rings is 1. The molecule has 23 heavy (non-hydrogen) atoms. The number of nitrogens with zero attached hydrogens (tertiary/aromatic N) is 4. The normalized spacial score (nSPS) is 11.7. The van der Waals surface area contributed by atoms with Crippen LogP contribution in [0.5, 0.6) is 0 Å². The van der Waals surface area contributed by atoms with Gasteiger partial charge in [-0.25, -0.2) is 0 Å². The monoisotopic (exact) mass is 321 g/mol. The van der Waals surface area contributed by atoms with Crippen LogP contribution < -0.4 is 0 Å². The molecule has 6 nitrogen and oxygen atoms in total. The second-order valence-electron chi connectivity index (χ2n) is 5.29. The summed E-state index contributed by atoms with van der Waals surface area (Å²) in [7, 11) is 0. The Morgan fingerprint density at radius 2 is 2.09 bits per heavy atom. The largest absolute Gasteiger partial charge is 0.469 e. The number of furan rings is 1. The summed E-state index contributed by atoms with van der Waals surface area (Å²) in [5.41, 5.74) is 2.99. The van der Waals surface area contributed by atoms with Crippen LogP contribution in [-0.4, -0.2) is 24.8 Å². The maximum atomic E-state index is 5.36. The Labute approximate surface area is 134 Å². The van der Waals surface area contributed by atoms with Crippen LogP contribution in [-0.2, 0) is 0 Å². The standard InChI is InChI=1S/C16H11N5OS/c1-9-11(6-7-22-9)14-18-19-16-21(14)20-15(23-16)13-8-10-4-2-3-5-12(10)17-13/h2-8,17H,1H3. The van der Waals surface area contributed by atoms with Crippen LogP contribution in [0.4, 0.5) is 0 Å². The van der Waals surface area contributed by atoms with E-state index in [1.54, 1.807) is 10.8 Å². The smallest absolute Gasteiger partial charge is 0.235 e. The minimum absolute atomic E-state index is 0.699. The molecule has 5 rings (SSSR count). The topological polar surface area (TPSA) is 72.0 Å². The van der Waals surface area contributed by atoms with E-state index in [9.17, 15) is 0 Å². The molecule has 0 aliphatic heterocycles. The van der Waals surface area contributed by atoms with E-state index in [0.29, 0.717) is 5.82 Å². The van der Waals surface area contributed by atoms with Crippen LogP contribution in [0.3, 0.4) is 0 Å². The van der Waals surface area contributed by atoms with E-state index in [1.165, 1.54) is 16.7 Å². The molecule has 0 aliphatic rings. The Hall–Kier alpha value is -2.93. The summed E-state index contributed by atoms with van der Waals surface area (Å²) < 4.78 is 7.12. The number of fused-ring (bicyclic) bond motifs is 2. The minimum atomic E-state index is 0.699. The molecule has 5 aromatic rings. The highest BCUT2D eigenvalue weighted by atomic mass is 32.1. The summed E-state index contributed by atoms with van der Waals surface area (Å²) in [5, 5.41) is 15.2. The average Bonchev–Trinajstić information content (AvgIpc) is 3.28. The Balaban J connectivity index is 1.69. The van der Waals surface area contributed by atoms with Crippen molar-refractivity contribution < 1.29 is 4.42 Å². The van der Waals surface area contributed by atoms with Crippen molar-refractivity contribution in [2.45, 2.75) is 6.92 Å². The van der Waals surface area contributed by atoms with Gasteiger partial charge in [0.2, 0.25) is 4.96 Å². The predicted molar refractivity (Wildman–Crippen MR) is 88.4 cm³/mol. The predicted octanol–water partition coefficient (Wildman–Crippen LogP) is 3.90. The third-order valence-corrected chi connectivity index (χ3v) is 4.78. The summed E-state index contributed by atoms with van der Waals surface area (Å²) in [6.07, 6.45) is 1.65. The molecule has 0 amide bonds. The van der Waals surface area contributed by atoms with Gasteiger partial charge < -0.3 is 9.40 Å². The molecule has 0 fully saturated rings. The summed E-state index contributed by atoms with van der Waals surface area (Å²) in [4.78, 5) is 4.15. The zero-order chi connectivity index (χ0) is 15.4. The van der Waals surface area contributed by atoms with Crippen LogP contribution in [0.15, 0.2) is 47.1 Å². The molecule has 0 aliphatic carbocycles. The lowest BCUT2D eigenvalue weighted by molar-refractivity contribution is 0.535. The highest BCUT2D eigenvalue weighted by molar-refractivity contribution is 7.19. The number of rotatable bonds is 2. The van der Waals surface area contributed by atoms with Gasteiger partial charge >= 0.3 is 0 Å². The van der Waals surface area contributed by atoms with Crippen LogP contribution in [0.25, 0.3) is 38.0 Å². The van der Waals surface area contributed by atoms with Gasteiger partial charge in [0.25, 0.3) is 0 Å². The molecule has 4 heterocycles. The van der Waals surface area contributed by atoms with Gasteiger partial charge in [0.15, 0.2) is 10.8 Å². The Morgan fingerprint density at radius 1 is 1.17 bits per heavy atom. The zero-order valence-corrected chi connectivity index (χ0v) is 13.0. The van der Waals surface area contributed by atoms with E-state index in [2.05, 4.69) is 38.5 Å². The summed E-state index contributed by atoms with van der Waals surface area (Å²) in [6.45, 7) is 1.90. The van der Waals surface area contributed by atoms with Gasteiger partial charge in [-0.05, 0) is 25.1 Å². The number of para-hydroxylation sites is 1. The fourth-order valence-corrected chi connectivity index (χ4v) is 3.51. The summed E-state index contributed by atoms with van der Waals surface area (Å²) >= 11 is 1.51. The van der Waals surface area contributed by atoms with Crippen molar-refractivity contribution in [1.82, 2.24) is 24.8 Å². The average molecular weight is 321 g/mol. The molecule has 0 atom stereocenters. The number of hydrogen-bond acceptors (Lipinski definition) is 5. The lowest BCUT2D eigenvalue weighted by atomic mass is 10.2. The van der Waals surface area contributed by atoms with E-state index >= 15 is 0 Å². The van der Waals surface area contributed by atoms with Crippen molar-refractivity contribution in [2.24, 2.45) is 0 Å². The highest BCUT2D eigenvalue weighted by Gasteiger charge is 2.17. The molecular weight excluding hydrogens is 310 g/mol. The number of aromatic amines is 1. The highest BCUT2D eigenvalue weighted by Crippen LogP contribution is 2.30. The fraction of sp³-hybridized carbons (Fsp3) is 0.0625. The molecule has 0 spiro atoms.